The summed E-state index contributed by atoms with van der Waals surface area (Å²) in [6.07, 6.45) is 0.305. The summed E-state index contributed by atoms with van der Waals surface area (Å²) < 4.78 is 0. The molecule has 0 unspecified atom stereocenters. The quantitative estimate of drug-likeness (QED) is 0.775. The van der Waals surface area contributed by atoms with Crippen molar-refractivity contribution in [3.8, 4) is 0 Å². The van der Waals surface area contributed by atoms with Crippen LogP contribution in [0.15, 0.2) is 18.2 Å². The van der Waals surface area contributed by atoms with Gasteiger partial charge in [-0.3, -0.25) is 9.59 Å². The molecule has 2 amide bonds. The smallest absolute Gasteiger partial charge is 0.253 e. The molecule has 5 heteroatoms. The van der Waals surface area contributed by atoms with Crippen LogP contribution in [-0.2, 0) is 4.79 Å². The number of amides is 2. The predicted molar refractivity (Wildman–Crippen MR) is 80.5 cm³/mol. The molecule has 1 aromatic rings. The van der Waals surface area contributed by atoms with Gasteiger partial charge < -0.3 is 16.0 Å². The second-order valence-electron chi connectivity index (χ2n) is 4.61. The Hall–Kier alpha value is -2.04. The van der Waals surface area contributed by atoms with Crippen LogP contribution in [0.3, 0.4) is 0 Å². The van der Waals surface area contributed by atoms with E-state index in [9.17, 15) is 9.59 Å². The Balaban J connectivity index is 2.52. The number of anilines is 1. The number of para-hydroxylation sites is 1. The summed E-state index contributed by atoms with van der Waals surface area (Å²) in [4.78, 5) is 25.5. The zero-order valence-corrected chi connectivity index (χ0v) is 12.4. The fourth-order valence-corrected chi connectivity index (χ4v) is 1.99. The van der Waals surface area contributed by atoms with Gasteiger partial charge in [0.25, 0.3) is 5.91 Å². The molecule has 0 saturated carbocycles. The van der Waals surface area contributed by atoms with E-state index in [0.717, 1.165) is 5.56 Å². The Morgan fingerprint density at radius 2 is 1.90 bits per heavy atom. The highest BCUT2D eigenvalue weighted by Gasteiger charge is 2.12. The molecule has 0 atom stereocenters. The standard InChI is InChI=1S/C15H23N3O2/c1-4-18(5-2)13(19)9-10-17-15(20)12-8-6-7-11(3)14(12)16/h6-8H,4-5,9-10,16H2,1-3H3,(H,17,20). The van der Waals surface area contributed by atoms with Gasteiger partial charge in [0.2, 0.25) is 5.91 Å². The van der Waals surface area contributed by atoms with Crippen LogP contribution in [0, 0.1) is 6.92 Å². The van der Waals surface area contributed by atoms with Crippen LogP contribution in [-0.4, -0.2) is 36.3 Å². The largest absolute Gasteiger partial charge is 0.398 e. The average Bonchev–Trinajstić information content (AvgIpc) is 2.43. The topological polar surface area (TPSA) is 75.4 Å². The number of benzene rings is 1. The van der Waals surface area contributed by atoms with Crippen molar-refractivity contribution >= 4 is 17.5 Å². The Kier molecular flexibility index (Phi) is 6.03. The monoisotopic (exact) mass is 277 g/mol. The molecule has 0 heterocycles. The third-order valence-electron chi connectivity index (χ3n) is 3.31. The summed E-state index contributed by atoms with van der Waals surface area (Å²) in [5.41, 5.74) is 7.69. The molecule has 1 aromatic carbocycles. The second kappa shape index (κ2) is 7.53. The maximum absolute atomic E-state index is 12.0. The van der Waals surface area contributed by atoms with E-state index < -0.39 is 0 Å². The van der Waals surface area contributed by atoms with Crippen molar-refractivity contribution in [3.63, 3.8) is 0 Å². The summed E-state index contributed by atoms with van der Waals surface area (Å²) in [5.74, 6) is -0.189. The number of hydrogen-bond donors (Lipinski definition) is 2. The van der Waals surface area contributed by atoms with Gasteiger partial charge in [-0.05, 0) is 32.4 Å². The first-order valence-corrected chi connectivity index (χ1v) is 6.92. The number of nitrogen functional groups attached to an aromatic ring is 1. The molecular weight excluding hydrogens is 254 g/mol. The number of nitrogens with zero attached hydrogens (tertiary/aromatic N) is 1. The zero-order chi connectivity index (χ0) is 15.1. The lowest BCUT2D eigenvalue weighted by molar-refractivity contribution is -0.130. The van der Waals surface area contributed by atoms with Crippen LogP contribution in [0.1, 0.15) is 36.2 Å². The third kappa shape index (κ3) is 3.98. The van der Waals surface area contributed by atoms with Gasteiger partial charge in [-0.1, -0.05) is 12.1 Å². The van der Waals surface area contributed by atoms with Crippen LogP contribution < -0.4 is 11.1 Å². The lowest BCUT2D eigenvalue weighted by Gasteiger charge is -2.18. The fourth-order valence-electron chi connectivity index (χ4n) is 1.99. The Morgan fingerprint density at radius 1 is 1.25 bits per heavy atom. The van der Waals surface area contributed by atoms with Crippen molar-refractivity contribution < 1.29 is 9.59 Å². The lowest BCUT2D eigenvalue weighted by Crippen LogP contribution is -2.34. The van der Waals surface area contributed by atoms with Crippen molar-refractivity contribution in [3.05, 3.63) is 29.3 Å². The summed E-state index contributed by atoms with van der Waals surface area (Å²) in [7, 11) is 0. The van der Waals surface area contributed by atoms with Gasteiger partial charge >= 0.3 is 0 Å². The first-order chi connectivity index (χ1) is 9.51. The van der Waals surface area contributed by atoms with Crippen molar-refractivity contribution in [2.45, 2.75) is 27.2 Å². The minimum Gasteiger partial charge on any atom is -0.398 e. The number of aryl methyl sites for hydroxylation is 1. The van der Waals surface area contributed by atoms with E-state index >= 15 is 0 Å². The highest BCUT2D eigenvalue weighted by atomic mass is 16.2. The lowest BCUT2D eigenvalue weighted by atomic mass is 10.1. The van der Waals surface area contributed by atoms with Crippen molar-refractivity contribution in [2.24, 2.45) is 0 Å². The van der Waals surface area contributed by atoms with Gasteiger partial charge in [0, 0.05) is 31.7 Å². The minimum atomic E-state index is -0.237. The van der Waals surface area contributed by atoms with Gasteiger partial charge in [0.05, 0.1) is 5.56 Å². The van der Waals surface area contributed by atoms with Crippen molar-refractivity contribution in [2.75, 3.05) is 25.4 Å². The maximum Gasteiger partial charge on any atom is 0.253 e. The average molecular weight is 277 g/mol. The number of carbonyl (C=O) groups excluding carboxylic acids is 2. The van der Waals surface area contributed by atoms with Crippen LogP contribution in [0.25, 0.3) is 0 Å². The number of nitrogens with two attached hydrogens (primary N) is 1. The first kappa shape index (κ1) is 16.0. The first-order valence-electron chi connectivity index (χ1n) is 6.92. The summed E-state index contributed by atoms with van der Waals surface area (Å²) in [5, 5.41) is 2.73. The molecule has 0 aliphatic heterocycles. The highest BCUT2D eigenvalue weighted by Crippen LogP contribution is 2.15. The molecule has 0 radical (unpaired) electrons. The SMILES string of the molecule is CCN(CC)C(=O)CCNC(=O)c1cccc(C)c1N. The summed E-state index contributed by atoms with van der Waals surface area (Å²) in [6.45, 7) is 7.43. The van der Waals surface area contributed by atoms with E-state index in [4.69, 9.17) is 5.73 Å². The van der Waals surface area contributed by atoms with Gasteiger partial charge in [-0.25, -0.2) is 0 Å². The Labute approximate surface area is 120 Å². The number of rotatable bonds is 6. The normalized spacial score (nSPS) is 10.2. The van der Waals surface area contributed by atoms with Crippen LogP contribution in [0.5, 0.6) is 0 Å². The molecule has 0 bridgehead atoms. The molecule has 3 N–H and O–H groups in total. The van der Waals surface area contributed by atoms with Crippen molar-refractivity contribution in [1.82, 2.24) is 10.2 Å². The van der Waals surface area contributed by atoms with Crippen LogP contribution in [0.2, 0.25) is 0 Å². The van der Waals surface area contributed by atoms with Crippen LogP contribution in [0.4, 0.5) is 5.69 Å². The Bertz CT molecular complexity index is 482. The predicted octanol–water partition coefficient (Wildman–Crippen LogP) is 1.57. The summed E-state index contributed by atoms with van der Waals surface area (Å²) in [6, 6.07) is 5.33. The molecule has 1 rings (SSSR count). The van der Waals surface area contributed by atoms with E-state index in [1.165, 1.54) is 0 Å². The molecule has 0 aliphatic rings. The molecule has 5 nitrogen and oxygen atoms in total. The molecule has 0 spiro atoms. The van der Waals surface area contributed by atoms with Crippen LogP contribution >= 0.6 is 0 Å². The van der Waals surface area contributed by atoms with Gasteiger partial charge in [-0.2, -0.15) is 0 Å². The van der Waals surface area contributed by atoms with E-state index in [1.807, 2.05) is 26.8 Å². The van der Waals surface area contributed by atoms with E-state index in [-0.39, 0.29) is 11.8 Å². The third-order valence-corrected chi connectivity index (χ3v) is 3.31. The molecule has 0 saturated heterocycles. The molecule has 0 fully saturated rings. The number of carbonyl (C=O) groups is 2. The fraction of sp³-hybridized carbons (Fsp3) is 0.467. The number of nitrogens with one attached hydrogen (secondary N) is 1. The molecule has 110 valence electrons. The molecule has 0 aliphatic carbocycles. The maximum atomic E-state index is 12.0. The second-order valence-corrected chi connectivity index (χ2v) is 4.61. The van der Waals surface area contributed by atoms with E-state index in [0.29, 0.717) is 37.3 Å². The summed E-state index contributed by atoms with van der Waals surface area (Å²) >= 11 is 0. The van der Waals surface area contributed by atoms with E-state index in [2.05, 4.69) is 5.32 Å². The molecule has 20 heavy (non-hydrogen) atoms. The molecular formula is C15H23N3O2. The van der Waals surface area contributed by atoms with E-state index in [1.54, 1.807) is 17.0 Å². The van der Waals surface area contributed by atoms with Gasteiger partial charge in [-0.15, -0.1) is 0 Å². The highest BCUT2D eigenvalue weighted by molar-refractivity contribution is 5.99. The zero-order valence-electron chi connectivity index (χ0n) is 12.4. The minimum absolute atomic E-state index is 0.0486. The van der Waals surface area contributed by atoms with Crippen molar-refractivity contribution in [1.29, 1.82) is 0 Å². The Morgan fingerprint density at radius 3 is 2.50 bits per heavy atom. The van der Waals surface area contributed by atoms with Gasteiger partial charge in [0.15, 0.2) is 0 Å². The molecule has 0 aromatic heterocycles. The van der Waals surface area contributed by atoms with Gasteiger partial charge in [0.1, 0.15) is 0 Å². The number of hydrogen-bond acceptors (Lipinski definition) is 3.